The van der Waals surface area contributed by atoms with E-state index in [0.29, 0.717) is 24.7 Å². The van der Waals surface area contributed by atoms with Gasteiger partial charge in [-0.3, -0.25) is 4.79 Å². The summed E-state index contributed by atoms with van der Waals surface area (Å²) in [7, 11) is 0. The van der Waals surface area contributed by atoms with Crippen LogP contribution in [0.4, 0.5) is 19.3 Å². The summed E-state index contributed by atoms with van der Waals surface area (Å²) in [6.45, 7) is 5.56. The monoisotopic (exact) mass is 484 g/mol. The summed E-state index contributed by atoms with van der Waals surface area (Å²) in [5.74, 6) is 0.165. The SMILES string of the molecule is CC(=O)N1CC[C@@H](CN2CCCC(Cc3ccc(F)cc3)C2)[C@@H](NC(=O)Nc2ccc(F)cc2)C1. The number of hydrogen-bond acceptors (Lipinski definition) is 3. The van der Waals surface area contributed by atoms with Crippen LogP contribution in [0.15, 0.2) is 48.5 Å². The third-order valence-electron chi connectivity index (χ3n) is 7.15. The predicted octanol–water partition coefficient (Wildman–Crippen LogP) is 4.28. The van der Waals surface area contributed by atoms with Crippen LogP contribution >= 0.6 is 0 Å². The molecular formula is C27H34F2N4O2. The molecule has 0 bridgehead atoms. The molecule has 1 unspecified atom stereocenters. The van der Waals surface area contributed by atoms with Gasteiger partial charge in [0.05, 0.1) is 6.04 Å². The standard InChI is InChI=1S/C27H34F2N4O2/c1-19(34)33-14-12-22(26(18-33)31-27(35)30-25-10-8-24(29)9-11-25)17-32-13-2-3-21(16-32)15-20-4-6-23(28)7-5-20/h4-11,21-22,26H,2-3,12-18H2,1H3,(H2,30,31,35)/t21?,22-,26-/m0/s1. The Hall–Kier alpha value is -3.00. The van der Waals surface area contributed by atoms with Crippen LogP contribution in [0.5, 0.6) is 0 Å². The minimum absolute atomic E-state index is 0.00604. The highest BCUT2D eigenvalue weighted by Gasteiger charge is 2.33. The lowest BCUT2D eigenvalue weighted by Crippen LogP contribution is -2.57. The molecule has 2 N–H and O–H groups in total. The first-order valence-corrected chi connectivity index (χ1v) is 12.4. The summed E-state index contributed by atoms with van der Waals surface area (Å²) in [6.07, 6.45) is 4.02. The summed E-state index contributed by atoms with van der Waals surface area (Å²) < 4.78 is 26.4. The highest BCUT2D eigenvalue weighted by molar-refractivity contribution is 5.89. The predicted molar refractivity (Wildman–Crippen MR) is 132 cm³/mol. The first kappa shape index (κ1) is 25.1. The van der Waals surface area contributed by atoms with E-state index in [0.717, 1.165) is 50.9 Å². The van der Waals surface area contributed by atoms with Crippen molar-refractivity contribution in [3.05, 3.63) is 65.7 Å². The molecule has 2 fully saturated rings. The fourth-order valence-electron chi connectivity index (χ4n) is 5.31. The Morgan fingerprint density at radius 1 is 0.943 bits per heavy atom. The molecule has 3 amide bonds. The summed E-state index contributed by atoms with van der Waals surface area (Å²) >= 11 is 0. The minimum atomic E-state index is -0.361. The van der Waals surface area contributed by atoms with Crippen LogP contribution in [-0.2, 0) is 11.2 Å². The summed E-state index contributed by atoms with van der Waals surface area (Å²) in [5, 5.41) is 5.83. The van der Waals surface area contributed by atoms with Crippen molar-refractivity contribution in [2.75, 3.05) is 38.0 Å². The van der Waals surface area contributed by atoms with Crippen LogP contribution in [0, 0.1) is 23.5 Å². The Labute approximate surface area is 205 Å². The van der Waals surface area contributed by atoms with Crippen LogP contribution in [0.2, 0.25) is 0 Å². The van der Waals surface area contributed by atoms with E-state index in [1.165, 1.54) is 36.4 Å². The summed E-state index contributed by atoms with van der Waals surface area (Å²) in [4.78, 5) is 29.0. The quantitative estimate of drug-likeness (QED) is 0.644. The van der Waals surface area contributed by atoms with Crippen molar-refractivity contribution in [3.8, 4) is 0 Å². The molecular weight excluding hydrogens is 450 g/mol. The number of amides is 3. The lowest BCUT2D eigenvalue weighted by molar-refractivity contribution is -0.130. The topological polar surface area (TPSA) is 64.7 Å². The Bertz CT molecular complexity index is 999. The minimum Gasteiger partial charge on any atom is -0.341 e. The van der Waals surface area contributed by atoms with Gasteiger partial charge in [0.25, 0.3) is 0 Å². The third kappa shape index (κ3) is 7.24. The highest BCUT2D eigenvalue weighted by atomic mass is 19.1. The van der Waals surface area contributed by atoms with Crippen molar-refractivity contribution in [2.45, 2.75) is 38.6 Å². The molecule has 2 aliphatic rings. The number of nitrogens with one attached hydrogen (secondary N) is 2. The van der Waals surface area contributed by atoms with E-state index in [-0.39, 0.29) is 35.5 Å². The van der Waals surface area contributed by atoms with E-state index in [4.69, 9.17) is 0 Å². The number of benzene rings is 2. The molecule has 2 aliphatic heterocycles. The van der Waals surface area contributed by atoms with Crippen LogP contribution in [0.3, 0.4) is 0 Å². The fourth-order valence-corrected chi connectivity index (χ4v) is 5.31. The second kappa shape index (κ2) is 11.6. The Morgan fingerprint density at radius 3 is 2.31 bits per heavy atom. The lowest BCUT2D eigenvalue weighted by atomic mass is 9.87. The Kier molecular flexibility index (Phi) is 8.33. The van der Waals surface area contributed by atoms with Crippen molar-refractivity contribution in [2.24, 2.45) is 11.8 Å². The van der Waals surface area contributed by atoms with Gasteiger partial charge >= 0.3 is 6.03 Å². The molecule has 2 heterocycles. The summed E-state index contributed by atoms with van der Waals surface area (Å²) in [5.41, 5.74) is 1.67. The largest absolute Gasteiger partial charge is 0.341 e. The molecule has 0 aliphatic carbocycles. The van der Waals surface area contributed by atoms with Crippen LogP contribution in [-0.4, -0.2) is 60.5 Å². The van der Waals surface area contributed by atoms with Crippen LogP contribution < -0.4 is 10.6 Å². The van der Waals surface area contributed by atoms with Gasteiger partial charge in [0.15, 0.2) is 0 Å². The molecule has 35 heavy (non-hydrogen) atoms. The third-order valence-corrected chi connectivity index (χ3v) is 7.15. The molecule has 8 heteroatoms. The first-order chi connectivity index (χ1) is 16.9. The van der Waals surface area contributed by atoms with Gasteiger partial charge in [0.1, 0.15) is 11.6 Å². The molecule has 188 valence electrons. The second-order valence-electron chi connectivity index (χ2n) is 9.82. The number of carbonyl (C=O) groups is 2. The van der Waals surface area contributed by atoms with Crippen molar-refractivity contribution in [1.82, 2.24) is 15.1 Å². The number of rotatable bonds is 6. The fraction of sp³-hybridized carbons (Fsp3) is 0.481. The molecule has 0 aromatic heterocycles. The molecule has 3 atom stereocenters. The van der Waals surface area contributed by atoms with Gasteiger partial charge in [-0.25, -0.2) is 13.6 Å². The molecule has 2 aromatic carbocycles. The Balaban J connectivity index is 1.36. The maximum Gasteiger partial charge on any atom is 0.319 e. The number of nitrogens with zero attached hydrogens (tertiary/aromatic N) is 2. The van der Waals surface area contributed by atoms with E-state index in [1.54, 1.807) is 11.8 Å². The van der Waals surface area contributed by atoms with Crippen molar-refractivity contribution >= 4 is 17.6 Å². The number of hydrogen-bond donors (Lipinski definition) is 2. The average molecular weight is 485 g/mol. The molecule has 0 radical (unpaired) electrons. The summed E-state index contributed by atoms with van der Waals surface area (Å²) in [6, 6.07) is 11.9. The number of likely N-dealkylation sites (tertiary alicyclic amines) is 2. The zero-order chi connectivity index (χ0) is 24.8. The van der Waals surface area contributed by atoms with E-state index >= 15 is 0 Å². The van der Waals surface area contributed by atoms with Crippen molar-refractivity contribution in [3.63, 3.8) is 0 Å². The molecule has 2 aromatic rings. The van der Waals surface area contributed by atoms with Crippen LogP contribution in [0.25, 0.3) is 0 Å². The van der Waals surface area contributed by atoms with Gasteiger partial charge in [-0.1, -0.05) is 12.1 Å². The number of anilines is 1. The zero-order valence-corrected chi connectivity index (χ0v) is 20.2. The van der Waals surface area contributed by atoms with Crippen LogP contribution in [0.1, 0.15) is 31.7 Å². The number of carbonyl (C=O) groups excluding carboxylic acids is 2. The van der Waals surface area contributed by atoms with Gasteiger partial charge in [-0.05, 0) is 86.0 Å². The van der Waals surface area contributed by atoms with E-state index in [9.17, 15) is 18.4 Å². The average Bonchev–Trinajstić information content (AvgIpc) is 2.83. The van der Waals surface area contributed by atoms with E-state index in [1.807, 2.05) is 12.1 Å². The maximum atomic E-state index is 13.2. The molecule has 6 nitrogen and oxygen atoms in total. The van der Waals surface area contributed by atoms with Gasteiger partial charge in [-0.2, -0.15) is 0 Å². The highest BCUT2D eigenvalue weighted by Crippen LogP contribution is 2.25. The lowest BCUT2D eigenvalue weighted by Gasteiger charge is -2.42. The number of halogens is 2. The second-order valence-corrected chi connectivity index (χ2v) is 9.82. The molecule has 0 saturated carbocycles. The molecule has 4 rings (SSSR count). The normalized spacial score (nSPS) is 23.1. The van der Waals surface area contributed by atoms with E-state index in [2.05, 4.69) is 15.5 Å². The van der Waals surface area contributed by atoms with E-state index < -0.39 is 0 Å². The smallest absolute Gasteiger partial charge is 0.319 e. The van der Waals surface area contributed by atoms with Gasteiger partial charge in [0.2, 0.25) is 5.91 Å². The molecule has 2 saturated heterocycles. The van der Waals surface area contributed by atoms with Gasteiger partial charge in [0, 0.05) is 38.8 Å². The number of piperidine rings is 2. The Morgan fingerprint density at radius 2 is 1.63 bits per heavy atom. The first-order valence-electron chi connectivity index (χ1n) is 12.4. The number of urea groups is 1. The van der Waals surface area contributed by atoms with Gasteiger partial charge in [-0.15, -0.1) is 0 Å². The molecule has 0 spiro atoms. The van der Waals surface area contributed by atoms with Gasteiger partial charge < -0.3 is 20.4 Å². The zero-order valence-electron chi connectivity index (χ0n) is 20.2. The van der Waals surface area contributed by atoms with Crippen molar-refractivity contribution in [1.29, 1.82) is 0 Å². The van der Waals surface area contributed by atoms with Crippen molar-refractivity contribution < 1.29 is 18.4 Å². The maximum absolute atomic E-state index is 13.2.